The zero-order valence-electron chi connectivity index (χ0n) is 14.0. The molecule has 0 amide bonds. The number of carbonyl (C=O) groups is 1. The summed E-state index contributed by atoms with van der Waals surface area (Å²) in [6, 6.07) is 0.718. The van der Waals surface area contributed by atoms with Gasteiger partial charge in [0.2, 0.25) is 0 Å². The highest BCUT2D eigenvalue weighted by Gasteiger charge is 2.44. The van der Waals surface area contributed by atoms with Gasteiger partial charge in [-0.05, 0) is 52.5 Å². The minimum Gasteiger partial charge on any atom is -0.480 e. The molecule has 1 rings (SSSR count). The van der Waals surface area contributed by atoms with Gasteiger partial charge in [-0.15, -0.1) is 0 Å². The molecule has 0 aliphatic heterocycles. The average molecular weight is 300 g/mol. The number of aliphatic carboxylic acids is 1. The number of hydrogen-bond acceptors (Lipinski definition) is 4. The normalized spacial score (nSPS) is 26.5. The Labute approximate surface area is 129 Å². The smallest absolute Gasteiger partial charge is 0.323 e. The fourth-order valence-corrected chi connectivity index (χ4v) is 3.38. The molecule has 0 saturated heterocycles. The first-order valence-corrected chi connectivity index (χ1v) is 8.20. The summed E-state index contributed by atoms with van der Waals surface area (Å²) in [7, 11) is 1.71. The lowest BCUT2D eigenvalue weighted by Gasteiger charge is -2.44. The molecule has 5 nitrogen and oxygen atoms in total. The standard InChI is InChI=1S/C16H32N2O3/c1-5-9-17-16(15(19)20)8-6-7-14(12-16)18(13(2)3)10-11-21-4/h13-14,17H,5-12H2,1-4H3,(H,19,20). The van der Waals surface area contributed by atoms with Crippen molar-refractivity contribution in [1.29, 1.82) is 0 Å². The molecular formula is C16H32N2O3. The van der Waals surface area contributed by atoms with Gasteiger partial charge in [0.05, 0.1) is 6.61 Å². The second-order valence-electron chi connectivity index (χ2n) is 6.39. The fraction of sp³-hybridized carbons (Fsp3) is 0.938. The van der Waals surface area contributed by atoms with Crippen LogP contribution in [0.15, 0.2) is 0 Å². The van der Waals surface area contributed by atoms with Crippen molar-refractivity contribution in [2.45, 2.75) is 70.5 Å². The van der Waals surface area contributed by atoms with Gasteiger partial charge in [-0.25, -0.2) is 0 Å². The minimum absolute atomic E-state index is 0.314. The Hall–Kier alpha value is -0.650. The van der Waals surface area contributed by atoms with Gasteiger partial charge in [-0.3, -0.25) is 9.69 Å². The molecule has 0 bridgehead atoms. The first-order chi connectivity index (χ1) is 9.96. The Bertz CT molecular complexity index is 323. The Morgan fingerprint density at radius 3 is 2.76 bits per heavy atom. The lowest BCUT2D eigenvalue weighted by atomic mass is 9.78. The van der Waals surface area contributed by atoms with Crippen LogP contribution in [0, 0.1) is 0 Å². The quantitative estimate of drug-likeness (QED) is 0.683. The third-order valence-corrected chi connectivity index (χ3v) is 4.53. The molecule has 1 fully saturated rings. The van der Waals surface area contributed by atoms with Crippen LogP contribution in [0.2, 0.25) is 0 Å². The van der Waals surface area contributed by atoms with Crippen molar-refractivity contribution in [2.75, 3.05) is 26.8 Å². The highest BCUT2D eigenvalue weighted by atomic mass is 16.5. The summed E-state index contributed by atoms with van der Waals surface area (Å²) >= 11 is 0. The van der Waals surface area contributed by atoms with E-state index in [2.05, 4.69) is 31.0 Å². The Kier molecular flexibility index (Phi) is 7.63. The second kappa shape index (κ2) is 8.71. The minimum atomic E-state index is -0.751. The van der Waals surface area contributed by atoms with E-state index in [0.717, 1.165) is 38.8 Å². The molecule has 0 radical (unpaired) electrons. The highest BCUT2D eigenvalue weighted by molar-refractivity contribution is 5.79. The summed E-state index contributed by atoms with van der Waals surface area (Å²) in [6.45, 7) is 8.73. The maximum Gasteiger partial charge on any atom is 0.323 e. The van der Waals surface area contributed by atoms with Crippen LogP contribution < -0.4 is 5.32 Å². The van der Waals surface area contributed by atoms with E-state index in [4.69, 9.17) is 4.74 Å². The fourth-order valence-electron chi connectivity index (χ4n) is 3.38. The predicted octanol–water partition coefficient (Wildman–Crippen LogP) is 2.11. The maximum atomic E-state index is 11.8. The van der Waals surface area contributed by atoms with Crippen molar-refractivity contribution in [3.8, 4) is 0 Å². The molecule has 124 valence electrons. The molecule has 1 aliphatic rings. The Morgan fingerprint density at radius 1 is 1.52 bits per heavy atom. The third-order valence-electron chi connectivity index (χ3n) is 4.53. The number of carboxylic acid groups (broad SMARTS) is 1. The van der Waals surface area contributed by atoms with Gasteiger partial charge in [0.15, 0.2) is 0 Å². The van der Waals surface area contributed by atoms with Gasteiger partial charge in [-0.1, -0.05) is 6.92 Å². The molecule has 0 aromatic carbocycles. The molecule has 0 heterocycles. The monoisotopic (exact) mass is 300 g/mol. The molecule has 21 heavy (non-hydrogen) atoms. The van der Waals surface area contributed by atoms with Gasteiger partial charge in [0.25, 0.3) is 0 Å². The summed E-state index contributed by atoms with van der Waals surface area (Å²) in [5.74, 6) is -0.698. The molecule has 2 unspecified atom stereocenters. The van der Waals surface area contributed by atoms with Crippen molar-refractivity contribution < 1.29 is 14.6 Å². The average Bonchev–Trinajstić information content (AvgIpc) is 2.45. The van der Waals surface area contributed by atoms with E-state index in [1.807, 2.05) is 0 Å². The van der Waals surface area contributed by atoms with E-state index in [-0.39, 0.29) is 0 Å². The first kappa shape index (κ1) is 18.4. The molecule has 0 aromatic rings. The van der Waals surface area contributed by atoms with Crippen molar-refractivity contribution in [3.63, 3.8) is 0 Å². The zero-order chi connectivity index (χ0) is 15.9. The van der Waals surface area contributed by atoms with Crippen LogP contribution in [0.25, 0.3) is 0 Å². The topological polar surface area (TPSA) is 61.8 Å². The van der Waals surface area contributed by atoms with Gasteiger partial charge in [-0.2, -0.15) is 0 Å². The summed E-state index contributed by atoms with van der Waals surface area (Å²) < 4.78 is 5.20. The second-order valence-corrected chi connectivity index (χ2v) is 6.39. The van der Waals surface area contributed by atoms with E-state index in [1.54, 1.807) is 7.11 Å². The van der Waals surface area contributed by atoms with Crippen molar-refractivity contribution in [2.24, 2.45) is 0 Å². The van der Waals surface area contributed by atoms with Gasteiger partial charge < -0.3 is 15.2 Å². The highest BCUT2D eigenvalue weighted by Crippen LogP contribution is 2.32. The van der Waals surface area contributed by atoms with Crippen LogP contribution in [-0.2, 0) is 9.53 Å². The van der Waals surface area contributed by atoms with Crippen molar-refractivity contribution in [1.82, 2.24) is 10.2 Å². The van der Waals surface area contributed by atoms with Crippen molar-refractivity contribution in [3.05, 3.63) is 0 Å². The SMILES string of the molecule is CCCNC1(C(=O)O)CCCC(N(CCOC)C(C)C)C1. The number of hydrogen-bond donors (Lipinski definition) is 2. The van der Waals surface area contributed by atoms with E-state index >= 15 is 0 Å². The van der Waals surface area contributed by atoms with E-state index in [9.17, 15) is 9.90 Å². The summed E-state index contributed by atoms with van der Waals surface area (Å²) in [5, 5.41) is 13.0. The third kappa shape index (κ3) is 4.94. The number of methoxy groups -OCH3 is 1. The first-order valence-electron chi connectivity index (χ1n) is 8.20. The molecule has 2 N–H and O–H groups in total. The Morgan fingerprint density at radius 2 is 2.24 bits per heavy atom. The Balaban J connectivity index is 2.80. The van der Waals surface area contributed by atoms with Gasteiger partial charge in [0, 0.05) is 25.7 Å². The van der Waals surface area contributed by atoms with Crippen LogP contribution in [-0.4, -0.2) is 60.4 Å². The number of nitrogens with one attached hydrogen (secondary N) is 1. The lowest BCUT2D eigenvalue weighted by Crippen LogP contribution is -2.59. The predicted molar refractivity (Wildman–Crippen MR) is 84.6 cm³/mol. The lowest BCUT2D eigenvalue weighted by molar-refractivity contribution is -0.147. The van der Waals surface area contributed by atoms with Crippen LogP contribution in [0.3, 0.4) is 0 Å². The van der Waals surface area contributed by atoms with Gasteiger partial charge >= 0.3 is 5.97 Å². The number of carboxylic acids is 1. The molecule has 1 saturated carbocycles. The van der Waals surface area contributed by atoms with Crippen LogP contribution in [0.5, 0.6) is 0 Å². The molecule has 5 heteroatoms. The largest absolute Gasteiger partial charge is 0.480 e. The molecule has 0 spiro atoms. The van der Waals surface area contributed by atoms with Gasteiger partial charge in [0.1, 0.15) is 5.54 Å². The molecule has 0 aromatic heterocycles. The van der Waals surface area contributed by atoms with Crippen molar-refractivity contribution >= 4 is 5.97 Å². The number of nitrogens with zero attached hydrogens (tertiary/aromatic N) is 1. The van der Waals surface area contributed by atoms with Crippen LogP contribution in [0.1, 0.15) is 52.9 Å². The maximum absolute atomic E-state index is 11.8. The summed E-state index contributed by atoms with van der Waals surface area (Å²) in [5.41, 5.74) is -0.751. The number of rotatable bonds is 9. The van der Waals surface area contributed by atoms with Crippen LogP contribution >= 0.6 is 0 Å². The van der Waals surface area contributed by atoms with E-state index < -0.39 is 11.5 Å². The van der Waals surface area contributed by atoms with E-state index in [1.165, 1.54) is 0 Å². The summed E-state index contributed by atoms with van der Waals surface area (Å²) in [6.07, 6.45) is 4.41. The number of ether oxygens (including phenoxy) is 1. The summed E-state index contributed by atoms with van der Waals surface area (Å²) in [4.78, 5) is 14.2. The van der Waals surface area contributed by atoms with E-state index in [0.29, 0.717) is 25.1 Å². The molecule has 1 aliphatic carbocycles. The zero-order valence-corrected chi connectivity index (χ0v) is 14.0. The van der Waals surface area contributed by atoms with Crippen LogP contribution in [0.4, 0.5) is 0 Å². The molecule has 2 atom stereocenters. The molecular weight excluding hydrogens is 268 g/mol.